The zero-order chi connectivity index (χ0) is 20.4. The maximum Gasteiger partial charge on any atom is 0.266 e. The summed E-state index contributed by atoms with van der Waals surface area (Å²) in [5.74, 6) is 1.99. The number of aromatic nitrogens is 6. The first-order valence-corrected chi connectivity index (χ1v) is 9.83. The van der Waals surface area contributed by atoms with Crippen molar-refractivity contribution in [3.05, 3.63) is 51.7 Å². The first-order valence-electron chi connectivity index (χ1n) is 9.83. The summed E-state index contributed by atoms with van der Waals surface area (Å²) in [6.45, 7) is 11.5. The second-order valence-electron chi connectivity index (χ2n) is 7.44. The van der Waals surface area contributed by atoms with Crippen molar-refractivity contribution in [2.75, 3.05) is 32.7 Å². The third-order valence-corrected chi connectivity index (χ3v) is 5.11. The summed E-state index contributed by atoms with van der Waals surface area (Å²) in [5.41, 5.74) is 1.82. The van der Waals surface area contributed by atoms with E-state index < -0.39 is 0 Å². The Morgan fingerprint density at radius 3 is 2.41 bits per heavy atom. The lowest BCUT2D eigenvalue weighted by Crippen LogP contribution is -2.47. The zero-order valence-electron chi connectivity index (χ0n) is 17.1. The van der Waals surface area contributed by atoms with E-state index in [1.54, 1.807) is 23.7 Å². The molecule has 4 rings (SSSR count). The summed E-state index contributed by atoms with van der Waals surface area (Å²) < 4.78 is 8.33. The molecule has 4 heterocycles. The largest absolute Gasteiger partial charge is 0.340 e. The summed E-state index contributed by atoms with van der Waals surface area (Å²) in [6, 6.07) is 5.27. The monoisotopic (exact) mass is 398 g/mol. The molecule has 10 nitrogen and oxygen atoms in total. The van der Waals surface area contributed by atoms with Crippen LogP contribution < -0.4 is 5.56 Å². The van der Waals surface area contributed by atoms with Crippen LogP contribution in [0.25, 0.3) is 5.82 Å². The number of aryl methyl sites for hydroxylation is 3. The van der Waals surface area contributed by atoms with Gasteiger partial charge < -0.3 is 4.52 Å². The molecular weight excluding hydrogens is 372 g/mol. The van der Waals surface area contributed by atoms with Gasteiger partial charge in [-0.1, -0.05) is 5.16 Å². The van der Waals surface area contributed by atoms with Gasteiger partial charge in [0.1, 0.15) is 0 Å². The Balaban J connectivity index is 1.33. The van der Waals surface area contributed by atoms with Gasteiger partial charge in [0, 0.05) is 51.4 Å². The molecule has 1 saturated heterocycles. The molecule has 0 unspecified atom stereocenters. The third kappa shape index (κ3) is 4.60. The van der Waals surface area contributed by atoms with Gasteiger partial charge in [-0.3, -0.25) is 14.6 Å². The van der Waals surface area contributed by atoms with Gasteiger partial charge in [-0.25, -0.2) is 9.36 Å². The average molecular weight is 398 g/mol. The minimum atomic E-state index is -0.0959. The van der Waals surface area contributed by atoms with E-state index in [1.165, 1.54) is 4.68 Å². The first kappa shape index (κ1) is 19.5. The molecule has 0 saturated carbocycles. The minimum Gasteiger partial charge on any atom is -0.340 e. The molecule has 0 spiro atoms. The van der Waals surface area contributed by atoms with Crippen LogP contribution in [0.15, 0.2) is 27.5 Å². The van der Waals surface area contributed by atoms with E-state index >= 15 is 0 Å². The lowest BCUT2D eigenvalue weighted by molar-refractivity contribution is 0.120. The quantitative estimate of drug-likeness (QED) is 0.594. The maximum atomic E-state index is 12.2. The molecule has 0 bridgehead atoms. The fourth-order valence-electron chi connectivity index (χ4n) is 3.58. The van der Waals surface area contributed by atoms with Gasteiger partial charge in [-0.2, -0.15) is 10.1 Å². The first-order chi connectivity index (χ1) is 14.0. The van der Waals surface area contributed by atoms with Gasteiger partial charge in [0.2, 0.25) is 5.89 Å². The van der Waals surface area contributed by atoms with Crippen molar-refractivity contribution in [3.8, 4) is 5.82 Å². The Kier molecular flexibility index (Phi) is 5.54. The molecule has 3 aromatic rings. The predicted molar refractivity (Wildman–Crippen MR) is 106 cm³/mol. The van der Waals surface area contributed by atoms with Crippen molar-refractivity contribution < 1.29 is 4.52 Å². The van der Waals surface area contributed by atoms with Crippen molar-refractivity contribution in [1.82, 2.24) is 39.5 Å². The lowest BCUT2D eigenvalue weighted by atomic mass is 10.3. The summed E-state index contributed by atoms with van der Waals surface area (Å²) in [5, 5.41) is 12.9. The molecule has 1 aliphatic rings. The smallest absolute Gasteiger partial charge is 0.266 e. The summed E-state index contributed by atoms with van der Waals surface area (Å²) >= 11 is 0. The molecule has 0 aromatic carbocycles. The fraction of sp³-hybridized carbons (Fsp3) is 0.526. The molecule has 29 heavy (non-hydrogen) atoms. The Hall–Kier alpha value is -2.85. The maximum absolute atomic E-state index is 12.2. The zero-order valence-corrected chi connectivity index (χ0v) is 17.1. The minimum absolute atomic E-state index is 0.0959. The summed E-state index contributed by atoms with van der Waals surface area (Å²) in [4.78, 5) is 21.2. The van der Waals surface area contributed by atoms with Gasteiger partial charge in [0.05, 0.1) is 18.8 Å². The van der Waals surface area contributed by atoms with E-state index in [0.717, 1.165) is 49.9 Å². The Morgan fingerprint density at radius 2 is 1.76 bits per heavy atom. The van der Waals surface area contributed by atoms with Crippen LogP contribution in [0.1, 0.15) is 23.1 Å². The standard InChI is InChI=1S/C19H26N8O2/c1-14-12-15(2)27(21-14)18-4-5-19(28)26(22-18)11-10-24-6-8-25(9-7-24)13-17-20-16(3)29-23-17/h4-5,12H,6-11,13H2,1-3H3. The topological polar surface area (TPSA) is 98.1 Å². The normalized spacial score (nSPS) is 15.8. The van der Waals surface area contributed by atoms with E-state index in [9.17, 15) is 4.79 Å². The SMILES string of the molecule is Cc1cc(C)n(-c2ccc(=O)n(CCN3CCN(Cc4noc(C)n4)CC3)n2)n1. The van der Waals surface area contributed by atoms with Gasteiger partial charge in [-0.15, -0.1) is 5.10 Å². The Labute approximate surface area is 168 Å². The molecule has 3 aromatic heterocycles. The van der Waals surface area contributed by atoms with Crippen LogP contribution in [0, 0.1) is 20.8 Å². The highest BCUT2D eigenvalue weighted by molar-refractivity contribution is 5.23. The number of hydrogen-bond donors (Lipinski definition) is 0. The molecular formula is C19H26N8O2. The average Bonchev–Trinajstić information content (AvgIpc) is 3.26. The van der Waals surface area contributed by atoms with Crippen LogP contribution in [0.4, 0.5) is 0 Å². The Bertz CT molecular complexity index is 1030. The third-order valence-electron chi connectivity index (χ3n) is 5.11. The summed E-state index contributed by atoms with van der Waals surface area (Å²) in [7, 11) is 0. The molecule has 10 heteroatoms. The molecule has 0 atom stereocenters. The van der Waals surface area contributed by atoms with Crippen molar-refractivity contribution in [2.45, 2.75) is 33.9 Å². The van der Waals surface area contributed by atoms with Gasteiger partial charge in [-0.05, 0) is 26.0 Å². The van der Waals surface area contributed by atoms with Crippen molar-refractivity contribution in [2.24, 2.45) is 0 Å². The number of rotatable bonds is 6. The van der Waals surface area contributed by atoms with E-state index in [2.05, 4.69) is 30.1 Å². The summed E-state index contributed by atoms with van der Waals surface area (Å²) in [6.07, 6.45) is 0. The second-order valence-corrected chi connectivity index (χ2v) is 7.44. The highest BCUT2D eigenvalue weighted by Crippen LogP contribution is 2.09. The van der Waals surface area contributed by atoms with Crippen LogP contribution >= 0.6 is 0 Å². The van der Waals surface area contributed by atoms with Gasteiger partial charge in [0.15, 0.2) is 11.6 Å². The van der Waals surface area contributed by atoms with Crippen molar-refractivity contribution in [1.29, 1.82) is 0 Å². The van der Waals surface area contributed by atoms with Crippen molar-refractivity contribution in [3.63, 3.8) is 0 Å². The lowest BCUT2D eigenvalue weighted by Gasteiger charge is -2.33. The molecule has 154 valence electrons. The number of nitrogens with zero attached hydrogens (tertiary/aromatic N) is 8. The van der Waals surface area contributed by atoms with E-state index in [4.69, 9.17) is 4.52 Å². The van der Waals surface area contributed by atoms with E-state index in [-0.39, 0.29) is 5.56 Å². The molecule has 1 fully saturated rings. The molecule has 1 aliphatic heterocycles. The Morgan fingerprint density at radius 1 is 1.00 bits per heavy atom. The van der Waals surface area contributed by atoms with Crippen LogP contribution in [-0.4, -0.2) is 72.2 Å². The van der Waals surface area contributed by atoms with Crippen molar-refractivity contribution >= 4 is 0 Å². The van der Waals surface area contributed by atoms with E-state index in [1.807, 2.05) is 19.9 Å². The number of piperazine rings is 1. The van der Waals surface area contributed by atoms with Gasteiger partial charge >= 0.3 is 0 Å². The van der Waals surface area contributed by atoms with Crippen LogP contribution in [0.3, 0.4) is 0 Å². The molecule has 0 aliphatic carbocycles. The molecule has 0 N–H and O–H groups in total. The van der Waals surface area contributed by atoms with Crippen LogP contribution in [-0.2, 0) is 13.1 Å². The van der Waals surface area contributed by atoms with E-state index in [0.29, 0.717) is 24.8 Å². The van der Waals surface area contributed by atoms with Gasteiger partial charge in [0.25, 0.3) is 5.56 Å². The fourth-order valence-corrected chi connectivity index (χ4v) is 3.58. The molecule has 0 amide bonds. The van der Waals surface area contributed by atoms with Crippen LogP contribution in [0.2, 0.25) is 0 Å². The second kappa shape index (κ2) is 8.26. The number of hydrogen-bond acceptors (Lipinski definition) is 8. The van der Waals surface area contributed by atoms with Crippen LogP contribution in [0.5, 0.6) is 0 Å². The highest BCUT2D eigenvalue weighted by Gasteiger charge is 2.19. The predicted octanol–water partition coefficient (Wildman–Crippen LogP) is 0.555. The molecule has 0 radical (unpaired) electrons. The highest BCUT2D eigenvalue weighted by atomic mass is 16.5.